The molecule has 0 bridgehead atoms. The summed E-state index contributed by atoms with van der Waals surface area (Å²) >= 11 is 0. The van der Waals surface area contributed by atoms with Gasteiger partial charge in [0.1, 0.15) is 6.61 Å². The Morgan fingerprint density at radius 1 is 1.00 bits per heavy atom. The zero-order chi connectivity index (χ0) is 18.8. The highest BCUT2D eigenvalue weighted by Gasteiger charge is 2.16. The molecule has 0 aliphatic heterocycles. The summed E-state index contributed by atoms with van der Waals surface area (Å²) in [6.45, 7) is 2.08. The molecule has 26 heavy (non-hydrogen) atoms. The predicted molar refractivity (Wildman–Crippen MR) is 100 cm³/mol. The largest absolute Gasteiger partial charge is 0.445 e. The van der Waals surface area contributed by atoms with E-state index in [0.717, 1.165) is 11.1 Å². The molecule has 0 fully saturated rings. The van der Waals surface area contributed by atoms with Gasteiger partial charge in [0.2, 0.25) is 5.91 Å². The summed E-state index contributed by atoms with van der Waals surface area (Å²) in [5, 5.41) is 5.56. The van der Waals surface area contributed by atoms with Gasteiger partial charge in [0.15, 0.2) is 0 Å². The summed E-state index contributed by atoms with van der Waals surface area (Å²) in [4.78, 5) is 23.8. The predicted octanol–water partition coefficient (Wildman–Crippen LogP) is 1.99. The van der Waals surface area contributed by atoms with Crippen LogP contribution in [0.1, 0.15) is 18.1 Å². The first-order valence-corrected chi connectivity index (χ1v) is 8.59. The second kappa shape index (κ2) is 10.2. The smallest absolute Gasteiger partial charge is 0.407 e. The molecule has 2 amide bonds. The molecule has 6 heteroatoms. The Morgan fingerprint density at radius 2 is 1.58 bits per heavy atom. The van der Waals surface area contributed by atoms with E-state index in [-0.39, 0.29) is 25.1 Å². The van der Waals surface area contributed by atoms with E-state index in [1.807, 2.05) is 60.7 Å². The number of nitrogens with one attached hydrogen (secondary N) is 2. The first-order chi connectivity index (χ1) is 12.5. The van der Waals surface area contributed by atoms with Crippen molar-refractivity contribution in [1.82, 2.24) is 10.6 Å². The minimum atomic E-state index is -0.600. The third-order valence-electron chi connectivity index (χ3n) is 3.80. The average molecular weight is 355 g/mol. The van der Waals surface area contributed by atoms with Crippen LogP contribution < -0.4 is 16.4 Å². The van der Waals surface area contributed by atoms with Gasteiger partial charge in [0.05, 0.1) is 12.1 Å². The zero-order valence-corrected chi connectivity index (χ0v) is 14.9. The maximum atomic E-state index is 12.1. The molecule has 0 radical (unpaired) electrons. The van der Waals surface area contributed by atoms with E-state index in [2.05, 4.69) is 10.6 Å². The topological polar surface area (TPSA) is 93.5 Å². The van der Waals surface area contributed by atoms with Gasteiger partial charge < -0.3 is 21.1 Å². The number of benzene rings is 2. The fraction of sp³-hybridized carbons (Fsp3) is 0.300. The van der Waals surface area contributed by atoms with Crippen molar-refractivity contribution < 1.29 is 14.3 Å². The highest BCUT2D eigenvalue weighted by atomic mass is 16.5. The Balaban J connectivity index is 1.91. The monoisotopic (exact) mass is 355 g/mol. The first-order valence-electron chi connectivity index (χ1n) is 8.59. The molecule has 0 aliphatic carbocycles. The van der Waals surface area contributed by atoms with Crippen molar-refractivity contribution in [3.63, 3.8) is 0 Å². The van der Waals surface area contributed by atoms with Crippen molar-refractivity contribution in [2.24, 2.45) is 5.73 Å². The number of amides is 2. The molecule has 0 aromatic heterocycles. The van der Waals surface area contributed by atoms with E-state index in [4.69, 9.17) is 10.5 Å². The molecule has 6 nitrogen and oxygen atoms in total. The van der Waals surface area contributed by atoms with E-state index in [1.54, 1.807) is 6.92 Å². The molecule has 0 heterocycles. The van der Waals surface area contributed by atoms with Crippen LogP contribution in [0.5, 0.6) is 0 Å². The van der Waals surface area contributed by atoms with Gasteiger partial charge in [-0.25, -0.2) is 4.79 Å². The number of hydrogen-bond donors (Lipinski definition) is 3. The van der Waals surface area contributed by atoms with Crippen LogP contribution in [0.2, 0.25) is 0 Å². The molecule has 2 aromatic rings. The van der Waals surface area contributed by atoms with Gasteiger partial charge in [-0.3, -0.25) is 4.79 Å². The lowest BCUT2D eigenvalue weighted by Gasteiger charge is -2.20. The van der Waals surface area contributed by atoms with Crippen LogP contribution in [0, 0.1) is 0 Å². The summed E-state index contributed by atoms with van der Waals surface area (Å²) in [5.74, 6) is -0.262. The summed E-state index contributed by atoms with van der Waals surface area (Å²) in [7, 11) is 0. The van der Waals surface area contributed by atoms with Gasteiger partial charge in [-0.15, -0.1) is 0 Å². The van der Waals surface area contributed by atoms with Crippen molar-refractivity contribution in [1.29, 1.82) is 0 Å². The van der Waals surface area contributed by atoms with Crippen LogP contribution in [-0.2, 0) is 22.6 Å². The Hall–Kier alpha value is -2.86. The zero-order valence-electron chi connectivity index (χ0n) is 14.9. The molecule has 2 rings (SSSR count). The van der Waals surface area contributed by atoms with E-state index in [1.165, 1.54) is 0 Å². The van der Waals surface area contributed by atoms with Crippen molar-refractivity contribution in [3.05, 3.63) is 71.8 Å². The quantitative estimate of drug-likeness (QED) is 0.675. The average Bonchev–Trinajstić information content (AvgIpc) is 2.65. The van der Waals surface area contributed by atoms with Crippen LogP contribution in [0.3, 0.4) is 0 Å². The van der Waals surface area contributed by atoms with Crippen molar-refractivity contribution in [2.45, 2.75) is 32.0 Å². The molecule has 0 saturated carbocycles. The summed E-state index contributed by atoms with van der Waals surface area (Å²) in [6.07, 6.45) is 0.0466. The van der Waals surface area contributed by atoms with Gasteiger partial charge in [-0.05, 0) is 24.5 Å². The highest BCUT2D eigenvalue weighted by Crippen LogP contribution is 2.05. The van der Waals surface area contributed by atoms with Crippen LogP contribution in [0.4, 0.5) is 4.79 Å². The second-order valence-corrected chi connectivity index (χ2v) is 6.13. The molecule has 2 atom stereocenters. The number of ether oxygens (including phenoxy) is 1. The molecule has 2 unspecified atom stereocenters. The lowest BCUT2D eigenvalue weighted by Crippen LogP contribution is -2.48. The lowest BCUT2D eigenvalue weighted by molar-refractivity contribution is -0.122. The first kappa shape index (κ1) is 19.5. The van der Waals surface area contributed by atoms with Crippen molar-refractivity contribution in [3.8, 4) is 0 Å². The van der Waals surface area contributed by atoms with Crippen LogP contribution in [0.15, 0.2) is 60.7 Å². The third-order valence-corrected chi connectivity index (χ3v) is 3.80. The minimum absolute atomic E-state index is 0.191. The molecule has 0 saturated heterocycles. The van der Waals surface area contributed by atoms with Crippen LogP contribution >= 0.6 is 0 Å². The molecule has 0 spiro atoms. The number of nitrogens with two attached hydrogens (primary N) is 1. The molecule has 4 N–H and O–H groups in total. The number of carbonyl (C=O) groups is 2. The summed E-state index contributed by atoms with van der Waals surface area (Å²) < 4.78 is 5.26. The Labute approximate surface area is 153 Å². The van der Waals surface area contributed by atoms with E-state index in [9.17, 15) is 9.59 Å². The van der Waals surface area contributed by atoms with Gasteiger partial charge >= 0.3 is 6.09 Å². The SMILES string of the molecule is CC(N)C(=O)NCC(Cc1ccccc1)NC(=O)OCc1ccccc1. The maximum Gasteiger partial charge on any atom is 0.407 e. The minimum Gasteiger partial charge on any atom is -0.445 e. The third kappa shape index (κ3) is 6.94. The van der Waals surface area contributed by atoms with E-state index >= 15 is 0 Å². The Bertz CT molecular complexity index is 690. The number of rotatable bonds is 8. The highest BCUT2D eigenvalue weighted by molar-refractivity contribution is 5.81. The van der Waals surface area contributed by atoms with Crippen LogP contribution in [-0.4, -0.2) is 30.6 Å². The molecular formula is C20H25N3O3. The second-order valence-electron chi connectivity index (χ2n) is 6.13. The fourth-order valence-electron chi connectivity index (χ4n) is 2.39. The molecule has 0 aliphatic rings. The van der Waals surface area contributed by atoms with Gasteiger partial charge in [-0.2, -0.15) is 0 Å². The van der Waals surface area contributed by atoms with Gasteiger partial charge in [0.25, 0.3) is 0 Å². The lowest BCUT2D eigenvalue weighted by atomic mass is 10.1. The number of alkyl carbamates (subject to hydrolysis) is 1. The Kier molecular flexibility index (Phi) is 7.64. The standard InChI is InChI=1S/C20H25N3O3/c1-15(21)19(24)22-13-18(12-16-8-4-2-5-9-16)23-20(25)26-14-17-10-6-3-7-11-17/h2-11,15,18H,12-14,21H2,1H3,(H,22,24)(H,23,25). The fourth-order valence-corrected chi connectivity index (χ4v) is 2.39. The summed E-state index contributed by atoms with van der Waals surface area (Å²) in [5.41, 5.74) is 7.53. The van der Waals surface area contributed by atoms with E-state index < -0.39 is 12.1 Å². The Morgan fingerprint density at radius 3 is 2.15 bits per heavy atom. The van der Waals surface area contributed by atoms with Gasteiger partial charge in [0, 0.05) is 6.54 Å². The number of hydrogen-bond acceptors (Lipinski definition) is 4. The number of carbonyl (C=O) groups excluding carboxylic acids is 2. The van der Waals surface area contributed by atoms with E-state index in [0.29, 0.717) is 6.42 Å². The molecule has 2 aromatic carbocycles. The summed E-state index contributed by atoms with van der Waals surface area (Å²) in [6, 6.07) is 18.3. The molecule has 138 valence electrons. The van der Waals surface area contributed by atoms with Crippen molar-refractivity contribution >= 4 is 12.0 Å². The van der Waals surface area contributed by atoms with Crippen LogP contribution in [0.25, 0.3) is 0 Å². The normalized spacial score (nSPS) is 12.7. The molecular weight excluding hydrogens is 330 g/mol. The van der Waals surface area contributed by atoms with Crippen molar-refractivity contribution in [2.75, 3.05) is 6.54 Å². The maximum absolute atomic E-state index is 12.1. The van der Waals surface area contributed by atoms with Gasteiger partial charge in [-0.1, -0.05) is 60.7 Å².